The molecule has 0 radical (unpaired) electrons. The van der Waals surface area contributed by atoms with Gasteiger partial charge in [0.05, 0.1) is 5.56 Å². The lowest BCUT2D eigenvalue weighted by Gasteiger charge is -2.04. The van der Waals surface area contributed by atoms with Crippen molar-refractivity contribution in [2.45, 2.75) is 17.7 Å². The zero-order valence-corrected chi connectivity index (χ0v) is 11.2. The van der Waals surface area contributed by atoms with Crippen molar-refractivity contribution in [2.75, 3.05) is 11.1 Å². The largest absolute Gasteiger partial charge is 0.277 e. The molecule has 0 fully saturated rings. The number of thioether (sulfide) groups is 1. The SMILES string of the molecule is O=C1N=Cc2c(SCCCCBr)cccc21. The maximum atomic E-state index is 11.4. The molecule has 0 saturated heterocycles. The summed E-state index contributed by atoms with van der Waals surface area (Å²) in [4.78, 5) is 16.4. The highest BCUT2D eigenvalue weighted by Crippen LogP contribution is 2.28. The van der Waals surface area contributed by atoms with Crippen LogP contribution in [0.3, 0.4) is 0 Å². The molecule has 1 aliphatic rings. The van der Waals surface area contributed by atoms with Crippen LogP contribution in [-0.4, -0.2) is 23.2 Å². The van der Waals surface area contributed by atoms with Gasteiger partial charge in [-0.15, -0.1) is 11.8 Å². The number of carbonyl (C=O) groups excluding carboxylic acids is 1. The predicted molar refractivity (Wildman–Crippen MR) is 72.1 cm³/mol. The summed E-state index contributed by atoms with van der Waals surface area (Å²) in [5, 5.41) is 1.06. The van der Waals surface area contributed by atoms with Crippen LogP contribution in [0.1, 0.15) is 28.8 Å². The van der Waals surface area contributed by atoms with Gasteiger partial charge < -0.3 is 0 Å². The Balaban J connectivity index is 2.05. The number of hydrogen-bond acceptors (Lipinski definition) is 2. The van der Waals surface area contributed by atoms with E-state index in [1.54, 1.807) is 18.0 Å². The van der Waals surface area contributed by atoms with Crippen LogP contribution in [0.25, 0.3) is 0 Å². The van der Waals surface area contributed by atoms with Crippen molar-refractivity contribution in [3.05, 3.63) is 29.3 Å². The molecule has 1 aliphatic heterocycles. The molecule has 0 aromatic heterocycles. The molecule has 0 N–H and O–H groups in total. The summed E-state index contributed by atoms with van der Waals surface area (Å²) in [5.41, 5.74) is 1.74. The number of benzene rings is 1. The Hall–Kier alpha value is -0.610. The molecule has 1 aromatic rings. The van der Waals surface area contributed by atoms with Crippen LogP contribution in [0.2, 0.25) is 0 Å². The summed E-state index contributed by atoms with van der Waals surface area (Å²) in [7, 11) is 0. The molecule has 2 rings (SSSR count). The summed E-state index contributed by atoms with van der Waals surface area (Å²) in [6.45, 7) is 0. The van der Waals surface area contributed by atoms with E-state index < -0.39 is 0 Å². The van der Waals surface area contributed by atoms with Crippen molar-refractivity contribution >= 4 is 39.8 Å². The molecule has 0 unspecified atom stereocenters. The van der Waals surface area contributed by atoms with Gasteiger partial charge in [-0.1, -0.05) is 22.0 Å². The van der Waals surface area contributed by atoms with Crippen LogP contribution >= 0.6 is 27.7 Å². The highest BCUT2D eigenvalue weighted by molar-refractivity contribution is 9.09. The number of alkyl halides is 1. The second kappa shape index (κ2) is 5.64. The van der Waals surface area contributed by atoms with Gasteiger partial charge in [0, 0.05) is 22.0 Å². The molecule has 84 valence electrons. The third kappa shape index (κ3) is 2.55. The van der Waals surface area contributed by atoms with Crippen molar-refractivity contribution in [3.63, 3.8) is 0 Å². The number of amides is 1. The van der Waals surface area contributed by atoms with Crippen LogP contribution in [0, 0.1) is 0 Å². The van der Waals surface area contributed by atoms with E-state index in [-0.39, 0.29) is 5.91 Å². The van der Waals surface area contributed by atoms with Gasteiger partial charge >= 0.3 is 0 Å². The second-order valence-electron chi connectivity index (χ2n) is 3.53. The van der Waals surface area contributed by atoms with Crippen LogP contribution < -0.4 is 0 Å². The first-order valence-corrected chi connectivity index (χ1v) is 7.34. The van der Waals surface area contributed by atoms with Crippen LogP contribution in [0.4, 0.5) is 0 Å². The topological polar surface area (TPSA) is 29.4 Å². The molecule has 1 heterocycles. The fourth-order valence-corrected chi connectivity index (χ4v) is 3.02. The molecular formula is C12H12BrNOS. The van der Waals surface area contributed by atoms with E-state index >= 15 is 0 Å². The lowest BCUT2D eigenvalue weighted by molar-refractivity contribution is 0.101. The van der Waals surface area contributed by atoms with E-state index in [9.17, 15) is 4.79 Å². The van der Waals surface area contributed by atoms with E-state index in [4.69, 9.17) is 0 Å². The first kappa shape index (κ1) is 11.9. The fraction of sp³-hybridized carbons (Fsp3) is 0.333. The van der Waals surface area contributed by atoms with E-state index in [1.807, 2.05) is 12.1 Å². The van der Waals surface area contributed by atoms with E-state index in [1.165, 1.54) is 17.7 Å². The van der Waals surface area contributed by atoms with Crippen molar-refractivity contribution in [1.82, 2.24) is 0 Å². The Labute approximate surface area is 108 Å². The number of rotatable bonds is 5. The maximum absolute atomic E-state index is 11.4. The lowest BCUT2D eigenvalue weighted by Crippen LogP contribution is -1.93. The number of nitrogens with zero attached hydrogens (tertiary/aromatic N) is 1. The number of aliphatic imine (C=N–C) groups is 1. The van der Waals surface area contributed by atoms with E-state index in [2.05, 4.69) is 27.0 Å². The van der Waals surface area contributed by atoms with E-state index in [0.29, 0.717) is 0 Å². The average Bonchev–Trinajstić information content (AvgIpc) is 2.68. The predicted octanol–water partition coefficient (Wildman–Crippen LogP) is 3.53. The highest BCUT2D eigenvalue weighted by atomic mass is 79.9. The van der Waals surface area contributed by atoms with Gasteiger partial charge in [0.1, 0.15) is 0 Å². The monoisotopic (exact) mass is 297 g/mol. The second-order valence-corrected chi connectivity index (χ2v) is 5.46. The van der Waals surface area contributed by atoms with Crippen molar-refractivity contribution in [3.8, 4) is 0 Å². The quantitative estimate of drug-likeness (QED) is 0.473. The zero-order valence-electron chi connectivity index (χ0n) is 8.78. The van der Waals surface area contributed by atoms with Gasteiger partial charge in [-0.3, -0.25) is 4.79 Å². The number of unbranched alkanes of at least 4 members (excludes halogenated alkanes) is 1. The van der Waals surface area contributed by atoms with Gasteiger partial charge in [-0.05, 0) is 30.7 Å². The van der Waals surface area contributed by atoms with Crippen molar-refractivity contribution in [1.29, 1.82) is 0 Å². The minimum Gasteiger partial charge on any atom is -0.267 e. The van der Waals surface area contributed by atoms with Crippen LogP contribution in [-0.2, 0) is 0 Å². The van der Waals surface area contributed by atoms with Crippen molar-refractivity contribution < 1.29 is 4.79 Å². The average molecular weight is 298 g/mol. The van der Waals surface area contributed by atoms with Crippen LogP contribution in [0.5, 0.6) is 0 Å². The van der Waals surface area contributed by atoms with Gasteiger partial charge in [0.2, 0.25) is 0 Å². The third-order valence-electron chi connectivity index (χ3n) is 2.39. The van der Waals surface area contributed by atoms with Gasteiger partial charge in [-0.2, -0.15) is 0 Å². The van der Waals surface area contributed by atoms with Gasteiger partial charge in [0.15, 0.2) is 0 Å². The van der Waals surface area contributed by atoms with Gasteiger partial charge in [-0.25, -0.2) is 4.99 Å². The summed E-state index contributed by atoms with van der Waals surface area (Å²) in [5.74, 6) is 0.974. The fourth-order valence-electron chi connectivity index (χ4n) is 1.56. The Bertz CT molecular complexity index is 431. The summed E-state index contributed by atoms with van der Waals surface area (Å²) < 4.78 is 0. The first-order valence-electron chi connectivity index (χ1n) is 5.23. The molecule has 0 bridgehead atoms. The van der Waals surface area contributed by atoms with E-state index in [0.717, 1.165) is 22.2 Å². The Morgan fingerprint density at radius 3 is 3.00 bits per heavy atom. The van der Waals surface area contributed by atoms with Crippen LogP contribution in [0.15, 0.2) is 28.1 Å². The summed E-state index contributed by atoms with van der Waals surface area (Å²) in [6, 6.07) is 5.83. The highest BCUT2D eigenvalue weighted by Gasteiger charge is 2.17. The molecular weight excluding hydrogens is 286 g/mol. The summed E-state index contributed by atoms with van der Waals surface area (Å²) >= 11 is 5.22. The number of halogens is 1. The number of hydrogen-bond donors (Lipinski definition) is 0. The molecule has 1 amide bonds. The smallest absolute Gasteiger partial charge is 0.267 e. The molecule has 0 aliphatic carbocycles. The first-order chi connectivity index (χ1) is 7.83. The van der Waals surface area contributed by atoms with Gasteiger partial charge in [0.25, 0.3) is 5.91 Å². The molecule has 2 nitrogen and oxygen atoms in total. The standard InChI is InChI=1S/C12H12BrNOS/c13-6-1-2-7-16-11-5-3-4-9-10(11)8-14-12(9)15/h3-5,8H,1-2,6-7H2. The molecule has 1 aromatic carbocycles. The Morgan fingerprint density at radius 2 is 2.19 bits per heavy atom. The lowest BCUT2D eigenvalue weighted by atomic mass is 10.1. The maximum Gasteiger partial charge on any atom is 0.277 e. The molecule has 0 spiro atoms. The third-order valence-corrected chi connectivity index (χ3v) is 4.11. The molecule has 0 saturated carbocycles. The zero-order chi connectivity index (χ0) is 11.4. The number of fused-ring (bicyclic) bond motifs is 1. The minimum atomic E-state index is -0.113. The molecule has 0 atom stereocenters. The summed E-state index contributed by atoms with van der Waals surface area (Å²) in [6.07, 6.45) is 4.06. The normalized spacial score (nSPS) is 13.2. The number of carbonyl (C=O) groups is 1. The Kier molecular flexibility index (Phi) is 4.18. The van der Waals surface area contributed by atoms with Crippen molar-refractivity contribution in [2.24, 2.45) is 4.99 Å². The minimum absolute atomic E-state index is 0.113. The Morgan fingerprint density at radius 1 is 1.31 bits per heavy atom. The molecule has 4 heteroatoms. The molecule has 16 heavy (non-hydrogen) atoms.